The van der Waals surface area contributed by atoms with Gasteiger partial charge in [-0.1, -0.05) is 0 Å². The number of hydrogen-bond donors (Lipinski definition) is 5. The summed E-state index contributed by atoms with van der Waals surface area (Å²) in [6, 6.07) is 0.0497. The number of aromatic hydroxyl groups is 2. The first-order valence-electron chi connectivity index (χ1n) is 7.44. The summed E-state index contributed by atoms with van der Waals surface area (Å²) in [6.07, 6.45) is -0.934. The molecule has 1 amide bonds. The molecule has 1 aromatic heterocycles. The first-order valence-corrected chi connectivity index (χ1v) is 7.44. The van der Waals surface area contributed by atoms with E-state index < -0.39 is 11.8 Å². The SMILES string of the molecule is COC12NC1Cn1c2c(COC(N)=O)c2c(O)c(N)c(C)c(O)c21. The Labute approximate surface area is 136 Å². The van der Waals surface area contributed by atoms with Gasteiger partial charge in [0.05, 0.1) is 28.3 Å². The fourth-order valence-electron chi connectivity index (χ4n) is 3.79. The predicted molar refractivity (Wildman–Crippen MR) is 84.4 cm³/mol. The van der Waals surface area contributed by atoms with Gasteiger partial charge < -0.3 is 35.7 Å². The normalized spacial score (nSPS) is 24.0. The minimum atomic E-state index is -0.934. The van der Waals surface area contributed by atoms with Gasteiger partial charge in [-0.15, -0.1) is 0 Å². The van der Waals surface area contributed by atoms with E-state index in [2.05, 4.69) is 5.32 Å². The van der Waals surface area contributed by atoms with Crippen LogP contribution in [0.15, 0.2) is 0 Å². The zero-order valence-corrected chi connectivity index (χ0v) is 13.2. The highest BCUT2D eigenvalue weighted by atomic mass is 16.5. The van der Waals surface area contributed by atoms with Gasteiger partial charge in [-0.05, 0) is 6.92 Å². The van der Waals surface area contributed by atoms with Crippen LogP contribution in [0.25, 0.3) is 10.9 Å². The molecule has 1 aromatic carbocycles. The number of nitrogen functional groups attached to an aromatic ring is 1. The smallest absolute Gasteiger partial charge is 0.404 e. The van der Waals surface area contributed by atoms with E-state index in [1.54, 1.807) is 14.0 Å². The summed E-state index contributed by atoms with van der Waals surface area (Å²) in [5, 5.41) is 24.7. The maximum absolute atomic E-state index is 11.1. The molecule has 4 rings (SSSR count). The van der Waals surface area contributed by atoms with Gasteiger partial charge >= 0.3 is 6.09 Å². The second-order valence-electron chi connectivity index (χ2n) is 6.14. The molecule has 128 valence electrons. The van der Waals surface area contributed by atoms with E-state index in [0.717, 1.165) is 0 Å². The summed E-state index contributed by atoms with van der Waals surface area (Å²) in [4.78, 5) is 11.1. The lowest BCUT2D eigenvalue weighted by atomic mass is 10.0. The number of phenolic OH excluding ortho intramolecular Hbond substituents is 2. The summed E-state index contributed by atoms with van der Waals surface area (Å²) >= 11 is 0. The number of hydrogen-bond acceptors (Lipinski definition) is 7. The number of anilines is 1. The predicted octanol–water partition coefficient (Wildman–Crippen LogP) is 0.323. The van der Waals surface area contributed by atoms with Crippen molar-refractivity contribution in [1.29, 1.82) is 0 Å². The van der Waals surface area contributed by atoms with Crippen LogP contribution >= 0.6 is 0 Å². The Balaban J connectivity index is 2.07. The highest BCUT2D eigenvalue weighted by Gasteiger charge is 2.64. The molecule has 9 nitrogen and oxygen atoms in total. The van der Waals surface area contributed by atoms with Crippen LogP contribution in [-0.2, 0) is 28.4 Å². The van der Waals surface area contributed by atoms with E-state index in [1.165, 1.54) is 0 Å². The van der Waals surface area contributed by atoms with Crippen molar-refractivity contribution < 1.29 is 24.5 Å². The van der Waals surface area contributed by atoms with Gasteiger partial charge in [0.15, 0.2) is 5.72 Å². The molecule has 3 heterocycles. The summed E-state index contributed by atoms with van der Waals surface area (Å²) < 4.78 is 12.4. The third-order valence-electron chi connectivity index (χ3n) is 5.03. The summed E-state index contributed by atoms with van der Waals surface area (Å²) in [5.41, 5.74) is 12.4. The molecule has 2 atom stereocenters. The molecule has 2 unspecified atom stereocenters. The Bertz CT molecular complexity index is 902. The Hall–Kier alpha value is -2.65. The number of ether oxygens (including phenoxy) is 2. The van der Waals surface area contributed by atoms with E-state index in [-0.39, 0.29) is 29.8 Å². The number of nitrogens with zero attached hydrogens (tertiary/aromatic N) is 1. The van der Waals surface area contributed by atoms with Gasteiger partial charge in [0, 0.05) is 24.8 Å². The molecule has 2 aliphatic heterocycles. The number of primary amides is 1. The Morgan fingerprint density at radius 1 is 1.46 bits per heavy atom. The molecule has 1 saturated heterocycles. The van der Waals surface area contributed by atoms with Gasteiger partial charge in [-0.2, -0.15) is 0 Å². The zero-order chi connectivity index (χ0) is 17.4. The minimum absolute atomic E-state index is 0.0144. The third-order valence-corrected chi connectivity index (χ3v) is 5.03. The fraction of sp³-hybridized carbons (Fsp3) is 0.400. The highest BCUT2D eigenvalue weighted by molar-refractivity contribution is 6.01. The average Bonchev–Trinajstić information content (AvgIpc) is 3.01. The molecule has 9 heteroatoms. The number of methoxy groups -OCH3 is 1. The Morgan fingerprint density at radius 2 is 2.17 bits per heavy atom. The Morgan fingerprint density at radius 3 is 2.79 bits per heavy atom. The van der Waals surface area contributed by atoms with Gasteiger partial charge in [-0.25, -0.2) is 4.79 Å². The quantitative estimate of drug-likeness (QED) is 0.234. The van der Waals surface area contributed by atoms with E-state index in [4.69, 9.17) is 20.9 Å². The minimum Gasteiger partial charge on any atom is -0.505 e. The highest BCUT2D eigenvalue weighted by Crippen LogP contribution is 2.54. The average molecular weight is 334 g/mol. The largest absolute Gasteiger partial charge is 0.505 e. The van der Waals surface area contributed by atoms with Crippen molar-refractivity contribution in [3.8, 4) is 11.5 Å². The van der Waals surface area contributed by atoms with Crippen molar-refractivity contribution in [2.24, 2.45) is 5.73 Å². The zero-order valence-electron chi connectivity index (χ0n) is 13.2. The van der Waals surface area contributed by atoms with Gasteiger partial charge in [-0.3, -0.25) is 5.32 Å². The van der Waals surface area contributed by atoms with Crippen molar-refractivity contribution in [1.82, 2.24) is 9.88 Å². The first-order chi connectivity index (χ1) is 11.3. The van der Waals surface area contributed by atoms with Crippen LogP contribution in [0.5, 0.6) is 11.5 Å². The molecule has 0 spiro atoms. The molecule has 2 aromatic rings. The number of phenols is 2. The van der Waals surface area contributed by atoms with E-state index in [9.17, 15) is 15.0 Å². The van der Waals surface area contributed by atoms with Crippen molar-refractivity contribution in [2.75, 3.05) is 12.8 Å². The third kappa shape index (κ3) is 1.57. The van der Waals surface area contributed by atoms with E-state index >= 15 is 0 Å². The number of carbonyl (C=O) groups excluding carboxylic acids is 1. The van der Waals surface area contributed by atoms with Crippen molar-refractivity contribution in [3.63, 3.8) is 0 Å². The second kappa shape index (κ2) is 4.46. The van der Waals surface area contributed by atoms with Crippen LogP contribution in [0.2, 0.25) is 0 Å². The number of aromatic nitrogens is 1. The standard InChI is InChI=1S/C15H18N4O5/c1-5-9(16)12(21)8-6(4-24-14(17)22)13-15(23-2)7(18-15)3-19(13)10(8)11(5)20/h7,18,20-21H,3-4,16H2,1-2H3,(H2,17,22). The van der Waals surface area contributed by atoms with Crippen LogP contribution in [-0.4, -0.2) is 34.0 Å². The molecule has 0 radical (unpaired) electrons. The lowest BCUT2D eigenvalue weighted by Gasteiger charge is -2.13. The maximum atomic E-state index is 11.1. The summed E-state index contributed by atoms with van der Waals surface area (Å²) in [7, 11) is 1.57. The number of nitrogens with one attached hydrogen (secondary N) is 1. The van der Waals surface area contributed by atoms with Gasteiger partial charge in [0.2, 0.25) is 0 Å². The number of amides is 1. The molecule has 7 N–H and O–H groups in total. The van der Waals surface area contributed by atoms with Gasteiger partial charge in [0.25, 0.3) is 0 Å². The lowest BCUT2D eigenvalue weighted by Crippen LogP contribution is -2.20. The molecule has 24 heavy (non-hydrogen) atoms. The fourth-order valence-corrected chi connectivity index (χ4v) is 3.79. The number of fused-ring (bicyclic) bond motifs is 5. The number of rotatable bonds is 3. The van der Waals surface area contributed by atoms with Crippen LogP contribution in [0.1, 0.15) is 16.8 Å². The molecule has 0 saturated carbocycles. The van der Waals surface area contributed by atoms with Crippen molar-refractivity contribution in [2.45, 2.75) is 31.8 Å². The molecular weight excluding hydrogens is 316 g/mol. The van der Waals surface area contributed by atoms with Crippen LogP contribution in [0, 0.1) is 6.92 Å². The van der Waals surface area contributed by atoms with Crippen molar-refractivity contribution in [3.05, 3.63) is 16.8 Å². The summed E-state index contributed by atoms with van der Waals surface area (Å²) in [5.74, 6) is -0.173. The monoisotopic (exact) mass is 334 g/mol. The van der Waals surface area contributed by atoms with Crippen LogP contribution in [0.4, 0.5) is 10.5 Å². The van der Waals surface area contributed by atoms with Gasteiger partial charge in [0.1, 0.15) is 18.1 Å². The molecule has 0 bridgehead atoms. The molecule has 1 fully saturated rings. The molecular formula is C15H18N4O5. The lowest BCUT2D eigenvalue weighted by molar-refractivity contribution is 0.0671. The number of nitrogens with two attached hydrogens (primary N) is 2. The van der Waals surface area contributed by atoms with Crippen molar-refractivity contribution >= 4 is 22.7 Å². The van der Waals surface area contributed by atoms with E-state index in [1.807, 2.05) is 4.57 Å². The summed E-state index contributed by atoms with van der Waals surface area (Å²) in [6.45, 7) is 2.01. The number of benzene rings is 1. The Kier molecular flexibility index (Phi) is 2.77. The second-order valence-corrected chi connectivity index (χ2v) is 6.14. The maximum Gasteiger partial charge on any atom is 0.404 e. The number of carbonyl (C=O) groups is 1. The van der Waals surface area contributed by atoms with Crippen LogP contribution < -0.4 is 16.8 Å². The molecule has 2 aliphatic rings. The molecule has 0 aliphatic carbocycles. The topological polar surface area (TPSA) is 155 Å². The van der Waals surface area contributed by atoms with Crippen LogP contribution in [0.3, 0.4) is 0 Å². The van der Waals surface area contributed by atoms with E-state index in [0.29, 0.717) is 34.3 Å². The first kappa shape index (κ1) is 14.9.